The van der Waals surface area contributed by atoms with Crippen molar-refractivity contribution >= 4 is 23.1 Å². The molecule has 0 saturated carbocycles. The van der Waals surface area contributed by atoms with Gasteiger partial charge in [0.15, 0.2) is 17.3 Å². The number of nitrogens with two attached hydrogens (primary N) is 1. The van der Waals surface area contributed by atoms with E-state index in [1.165, 1.54) is 4.90 Å². The number of rotatable bonds is 5. The van der Waals surface area contributed by atoms with Gasteiger partial charge in [0.1, 0.15) is 5.82 Å². The first-order chi connectivity index (χ1) is 17.0. The van der Waals surface area contributed by atoms with Crippen molar-refractivity contribution in [3.05, 3.63) is 52.4 Å². The van der Waals surface area contributed by atoms with Crippen molar-refractivity contribution in [2.45, 2.75) is 38.1 Å². The zero-order valence-corrected chi connectivity index (χ0v) is 19.8. The molecule has 1 aromatic heterocycles. The summed E-state index contributed by atoms with van der Waals surface area (Å²) in [4.78, 5) is 20.0. The molecule has 0 spiro atoms. The van der Waals surface area contributed by atoms with E-state index in [9.17, 15) is 31.1 Å². The van der Waals surface area contributed by atoms with E-state index in [1.54, 1.807) is 4.90 Å². The highest BCUT2D eigenvalue weighted by atomic mass is 32.1. The molecule has 14 heteroatoms. The summed E-state index contributed by atoms with van der Waals surface area (Å²) >= 11 is 5.44. The lowest BCUT2D eigenvalue weighted by molar-refractivity contribution is -0.147. The quantitative estimate of drug-likeness (QED) is 0.361. The number of ether oxygens (including phenoxy) is 1. The van der Waals surface area contributed by atoms with Crippen LogP contribution in [-0.4, -0.2) is 69.1 Å². The van der Waals surface area contributed by atoms with E-state index >= 15 is 0 Å². The van der Waals surface area contributed by atoms with Gasteiger partial charge in [0.25, 0.3) is 5.91 Å². The lowest BCUT2D eigenvalue weighted by Crippen LogP contribution is -2.43. The second-order valence-corrected chi connectivity index (χ2v) is 9.10. The Morgan fingerprint density at radius 2 is 1.72 bits per heavy atom. The second kappa shape index (κ2) is 10.3. The molecule has 1 atom stereocenters. The fraction of sp³-hybridized carbons (Fsp3) is 0.500. The fourth-order valence-electron chi connectivity index (χ4n) is 4.31. The third-order valence-corrected chi connectivity index (χ3v) is 6.55. The van der Waals surface area contributed by atoms with Crippen molar-refractivity contribution in [3.8, 4) is 0 Å². The first kappa shape index (κ1) is 26.4. The summed E-state index contributed by atoms with van der Waals surface area (Å²) in [5.74, 6) is -5.22. The van der Waals surface area contributed by atoms with Gasteiger partial charge >= 0.3 is 6.18 Å². The summed E-state index contributed by atoms with van der Waals surface area (Å²) < 4.78 is 87.8. The number of hydrogen-bond donors (Lipinski definition) is 1. The van der Waals surface area contributed by atoms with Crippen LogP contribution >= 0.6 is 12.2 Å². The first-order valence-electron chi connectivity index (χ1n) is 11.2. The van der Waals surface area contributed by atoms with Gasteiger partial charge < -0.3 is 24.8 Å². The number of amides is 1. The number of morpholine rings is 1. The number of thiocarbonyl (C=S) groups is 1. The largest absolute Gasteiger partial charge is 0.449 e. The molecular weight excluding hydrogens is 512 g/mol. The van der Waals surface area contributed by atoms with E-state index in [0.29, 0.717) is 6.07 Å². The maximum atomic E-state index is 14.0. The summed E-state index contributed by atoms with van der Waals surface area (Å²) in [5.41, 5.74) is 5.75. The van der Waals surface area contributed by atoms with Crippen LogP contribution < -0.4 is 5.73 Å². The Hall–Kier alpha value is -2.71. The van der Waals surface area contributed by atoms with Gasteiger partial charge in [-0.1, -0.05) is 12.2 Å². The Balaban J connectivity index is 1.51. The summed E-state index contributed by atoms with van der Waals surface area (Å²) in [6.07, 6.45) is -4.84. The number of alkyl halides is 3. The topological polar surface area (TPSA) is 76.6 Å². The van der Waals surface area contributed by atoms with Crippen LogP contribution in [0.4, 0.5) is 26.3 Å². The number of carbonyl (C=O) groups is 1. The first-order valence-corrected chi connectivity index (χ1v) is 11.6. The number of fused-ring (bicyclic) bond motifs is 1. The van der Waals surface area contributed by atoms with E-state index in [-0.39, 0.29) is 80.7 Å². The lowest BCUT2D eigenvalue weighted by atomic mass is 10.0. The number of benzene rings is 1. The van der Waals surface area contributed by atoms with E-state index < -0.39 is 41.4 Å². The summed E-state index contributed by atoms with van der Waals surface area (Å²) in [6.45, 7) is 0.943. The van der Waals surface area contributed by atoms with Crippen molar-refractivity contribution in [2.75, 3.05) is 32.8 Å². The summed E-state index contributed by atoms with van der Waals surface area (Å²) in [6, 6.07) is 0.408. The van der Waals surface area contributed by atoms with Crippen LogP contribution in [0.3, 0.4) is 0 Å². The molecule has 1 aromatic carbocycles. The molecule has 2 N–H and O–H groups in total. The summed E-state index contributed by atoms with van der Waals surface area (Å²) in [7, 11) is 0. The van der Waals surface area contributed by atoms with Crippen LogP contribution in [0.2, 0.25) is 0 Å². The minimum atomic E-state index is -4.75. The smallest absolute Gasteiger partial charge is 0.378 e. The van der Waals surface area contributed by atoms with Gasteiger partial charge in [0.05, 0.1) is 30.4 Å². The molecule has 1 saturated heterocycles. The molecule has 1 amide bonds. The van der Waals surface area contributed by atoms with Gasteiger partial charge in [0.2, 0.25) is 5.82 Å². The highest BCUT2D eigenvalue weighted by Gasteiger charge is 2.42. The minimum absolute atomic E-state index is 0.0424. The zero-order valence-electron chi connectivity index (χ0n) is 19.0. The Kier molecular flexibility index (Phi) is 7.57. The molecule has 0 radical (unpaired) electrons. The van der Waals surface area contributed by atoms with Gasteiger partial charge in [-0.05, 0) is 18.1 Å². The molecule has 2 aliphatic rings. The van der Waals surface area contributed by atoms with Crippen LogP contribution in [0.1, 0.15) is 34.0 Å². The molecule has 0 unspecified atom stereocenters. The maximum absolute atomic E-state index is 14.0. The number of hydrogen-bond acceptors (Lipinski definition) is 5. The molecular formula is C22H23F6N5O2S. The van der Waals surface area contributed by atoms with Gasteiger partial charge in [-0.3, -0.25) is 4.79 Å². The standard InChI is InChI=1S/C22H23F6N5O2S/c23-14-10-16(25)15(24)8-12(14)7-13(29)9-18(36)32-1-2-33-17(11-32)19(30-21(33)22(26,27)28)20(34)31-3-5-35-6-4-31/h8,10,13H,1-7,9,11,29H2/t13-/m0/s1. The van der Waals surface area contributed by atoms with E-state index in [0.717, 1.165) is 10.6 Å². The van der Waals surface area contributed by atoms with Crippen LogP contribution in [-0.2, 0) is 30.4 Å². The Morgan fingerprint density at radius 1 is 1.06 bits per heavy atom. The number of nitrogens with zero attached hydrogens (tertiary/aromatic N) is 4. The monoisotopic (exact) mass is 535 g/mol. The van der Waals surface area contributed by atoms with Gasteiger partial charge in [-0.2, -0.15) is 13.2 Å². The van der Waals surface area contributed by atoms with Crippen molar-refractivity contribution in [1.82, 2.24) is 19.4 Å². The highest BCUT2D eigenvalue weighted by Crippen LogP contribution is 2.33. The Bertz CT molecular complexity index is 1160. The van der Waals surface area contributed by atoms with Gasteiger partial charge in [0, 0.05) is 44.7 Å². The van der Waals surface area contributed by atoms with Crippen LogP contribution in [0, 0.1) is 17.5 Å². The van der Waals surface area contributed by atoms with E-state index in [4.69, 9.17) is 22.7 Å². The normalized spacial score (nSPS) is 17.2. The molecule has 2 aliphatic heterocycles. The molecule has 7 nitrogen and oxygen atoms in total. The number of imidazole rings is 1. The van der Waals surface area contributed by atoms with Crippen molar-refractivity contribution < 1.29 is 35.9 Å². The number of aromatic nitrogens is 2. The van der Waals surface area contributed by atoms with E-state index in [1.807, 2.05) is 0 Å². The maximum Gasteiger partial charge on any atom is 0.449 e. The van der Waals surface area contributed by atoms with E-state index in [2.05, 4.69) is 4.98 Å². The summed E-state index contributed by atoms with van der Waals surface area (Å²) in [5, 5.41) is 0. The predicted molar refractivity (Wildman–Crippen MR) is 120 cm³/mol. The molecule has 4 rings (SSSR count). The molecule has 1 fully saturated rings. The van der Waals surface area contributed by atoms with Crippen molar-refractivity contribution in [3.63, 3.8) is 0 Å². The molecule has 36 heavy (non-hydrogen) atoms. The lowest BCUT2D eigenvalue weighted by Gasteiger charge is -2.33. The Morgan fingerprint density at radius 3 is 2.39 bits per heavy atom. The average molecular weight is 536 g/mol. The Labute approximate surface area is 207 Å². The molecule has 2 aromatic rings. The third-order valence-electron chi connectivity index (χ3n) is 6.12. The molecule has 3 heterocycles. The average Bonchev–Trinajstić information content (AvgIpc) is 3.22. The van der Waals surface area contributed by atoms with Crippen LogP contribution in [0.25, 0.3) is 0 Å². The van der Waals surface area contributed by atoms with Crippen LogP contribution in [0.5, 0.6) is 0 Å². The SMILES string of the molecule is N[C@H](CC(=S)N1CCn2c(C(F)(F)F)nc(C(=O)N3CCOCC3)c2C1)Cc1cc(F)c(F)cc1F. The second-order valence-electron chi connectivity index (χ2n) is 8.63. The predicted octanol–water partition coefficient (Wildman–Crippen LogP) is 2.89. The molecule has 196 valence electrons. The molecule has 0 aliphatic carbocycles. The van der Waals surface area contributed by atoms with Crippen molar-refractivity contribution in [1.29, 1.82) is 0 Å². The zero-order chi connectivity index (χ0) is 26.2. The van der Waals surface area contributed by atoms with Crippen molar-refractivity contribution in [2.24, 2.45) is 5.73 Å². The fourth-order valence-corrected chi connectivity index (χ4v) is 4.68. The minimum Gasteiger partial charge on any atom is -0.378 e. The van der Waals surface area contributed by atoms with Crippen LogP contribution in [0.15, 0.2) is 12.1 Å². The van der Waals surface area contributed by atoms with Gasteiger partial charge in [-0.15, -0.1) is 0 Å². The highest BCUT2D eigenvalue weighted by molar-refractivity contribution is 7.80. The number of halogens is 6. The molecule has 0 bridgehead atoms. The van der Waals surface area contributed by atoms with Gasteiger partial charge in [-0.25, -0.2) is 18.2 Å². The third kappa shape index (κ3) is 5.49. The number of carbonyl (C=O) groups excluding carboxylic acids is 1.